The normalized spacial score (nSPS) is 17.7. The maximum atomic E-state index is 12.4. The Morgan fingerprint density at radius 2 is 2.26 bits per heavy atom. The van der Waals surface area contributed by atoms with Gasteiger partial charge >= 0.3 is 0 Å². The maximum Gasteiger partial charge on any atom is 0.273 e. The Morgan fingerprint density at radius 3 is 3.15 bits per heavy atom. The van der Waals surface area contributed by atoms with Crippen molar-refractivity contribution in [1.82, 2.24) is 20.2 Å². The lowest BCUT2D eigenvalue weighted by atomic mass is 10.1. The van der Waals surface area contributed by atoms with Crippen LogP contribution < -0.4 is 10.1 Å². The summed E-state index contributed by atoms with van der Waals surface area (Å²) in [5, 5.41) is 4.02. The van der Waals surface area contributed by atoms with Gasteiger partial charge in [0.1, 0.15) is 17.5 Å². The van der Waals surface area contributed by atoms with Crippen molar-refractivity contribution in [2.45, 2.75) is 25.5 Å². The Labute approximate surface area is 157 Å². The molecule has 0 bridgehead atoms. The van der Waals surface area contributed by atoms with Crippen LogP contribution in [0.4, 0.5) is 0 Å². The van der Waals surface area contributed by atoms with Crippen LogP contribution in [0.5, 0.6) is 5.75 Å². The summed E-state index contributed by atoms with van der Waals surface area (Å²) >= 11 is 0. The van der Waals surface area contributed by atoms with E-state index in [0.717, 1.165) is 36.8 Å². The number of nitrogens with one attached hydrogen (secondary N) is 1. The number of para-hydroxylation sites is 1. The van der Waals surface area contributed by atoms with E-state index < -0.39 is 0 Å². The van der Waals surface area contributed by atoms with Gasteiger partial charge in [-0.3, -0.25) is 9.78 Å². The largest absolute Gasteiger partial charge is 0.482 e. The fourth-order valence-electron chi connectivity index (χ4n) is 3.36. The summed E-state index contributed by atoms with van der Waals surface area (Å²) in [6, 6.07) is 9.75. The summed E-state index contributed by atoms with van der Waals surface area (Å²) in [5.41, 5.74) is 1.06. The van der Waals surface area contributed by atoms with E-state index in [1.54, 1.807) is 6.20 Å². The highest BCUT2D eigenvalue weighted by atomic mass is 16.5. The van der Waals surface area contributed by atoms with Crippen LogP contribution in [0.3, 0.4) is 0 Å². The molecule has 1 amide bonds. The zero-order valence-corrected chi connectivity index (χ0v) is 15.2. The molecule has 0 spiro atoms. The molecule has 1 aliphatic heterocycles. The highest BCUT2D eigenvalue weighted by Crippen LogP contribution is 2.23. The monoisotopic (exact) mass is 366 g/mol. The number of likely N-dealkylation sites (N-methyl/N-ethyl adjacent to an activating group) is 1. The van der Waals surface area contributed by atoms with E-state index in [-0.39, 0.29) is 24.2 Å². The third kappa shape index (κ3) is 4.09. The standard InChI is InChI=1S/C20H22N4O3/c1-24-10-4-7-15(11-24)22-20(25)16-12-27-18(23-16)13-26-17-8-2-5-14-6-3-9-21-19(14)17/h2-3,5-6,8-9,12,15H,4,7,10-11,13H2,1H3,(H,22,25)/t15-/m1/s1. The number of pyridine rings is 1. The minimum absolute atomic E-state index is 0.134. The lowest BCUT2D eigenvalue weighted by Crippen LogP contribution is -2.46. The number of oxazole rings is 1. The van der Waals surface area contributed by atoms with E-state index in [2.05, 4.69) is 27.2 Å². The fourth-order valence-corrected chi connectivity index (χ4v) is 3.36. The number of rotatable bonds is 5. The van der Waals surface area contributed by atoms with E-state index in [1.807, 2.05) is 30.3 Å². The first kappa shape index (κ1) is 17.5. The summed E-state index contributed by atoms with van der Waals surface area (Å²) in [6.07, 6.45) is 5.17. The van der Waals surface area contributed by atoms with E-state index in [0.29, 0.717) is 11.6 Å². The first-order valence-corrected chi connectivity index (χ1v) is 9.09. The smallest absolute Gasteiger partial charge is 0.273 e. The van der Waals surface area contributed by atoms with Gasteiger partial charge in [0, 0.05) is 24.2 Å². The lowest BCUT2D eigenvalue weighted by Gasteiger charge is -2.29. The molecule has 7 nitrogen and oxygen atoms in total. The van der Waals surface area contributed by atoms with Crippen molar-refractivity contribution in [1.29, 1.82) is 0 Å². The molecular formula is C20H22N4O3. The van der Waals surface area contributed by atoms with Crippen LogP contribution in [-0.4, -0.2) is 47.0 Å². The number of likely N-dealkylation sites (tertiary alicyclic amines) is 1. The number of carbonyl (C=O) groups is 1. The molecule has 1 saturated heterocycles. The molecule has 1 fully saturated rings. The van der Waals surface area contributed by atoms with Gasteiger partial charge in [0.15, 0.2) is 12.3 Å². The van der Waals surface area contributed by atoms with E-state index >= 15 is 0 Å². The van der Waals surface area contributed by atoms with Gasteiger partial charge in [-0.25, -0.2) is 4.98 Å². The average molecular weight is 366 g/mol. The summed E-state index contributed by atoms with van der Waals surface area (Å²) in [6.45, 7) is 2.06. The van der Waals surface area contributed by atoms with Crippen LogP contribution >= 0.6 is 0 Å². The number of hydrogen-bond donors (Lipinski definition) is 1. The average Bonchev–Trinajstić information content (AvgIpc) is 3.15. The third-order valence-electron chi connectivity index (χ3n) is 4.69. The second kappa shape index (κ2) is 7.75. The first-order valence-electron chi connectivity index (χ1n) is 9.09. The molecule has 27 heavy (non-hydrogen) atoms. The van der Waals surface area contributed by atoms with Gasteiger partial charge in [0.25, 0.3) is 5.91 Å². The zero-order chi connectivity index (χ0) is 18.6. The molecule has 0 saturated carbocycles. The molecule has 2 aromatic heterocycles. The Balaban J connectivity index is 1.38. The molecular weight excluding hydrogens is 344 g/mol. The molecule has 1 aliphatic rings. The van der Waals surface area contributed by atoms with Crippen molar-refractivity contribution in [3.05, 3.63) is 54.4 Å². The quantitative estimate of drug-likeness (QED) is 0.748. The van der Waals surface area contributed by atoms with Gasteiger partial charge < -0.3 is 19.4 Å². The highest BCUT2D eigenvalue weighted by Gasteiger charge is 2.21. The Bertz CT molecular complexity index is 934. The summed E-state index contributed by atoms with van der Waals surface area (Å²) in [7, 11) is 2.06. The van der Waals surface area contributed by atoms with E-state index in [9.17, 15) is 4.79 Å². The van der Waals surface area contributed by atoms with Crippen molar-refractivity contribution in [2.75, 3.05) is 20.1 Å². The number of fused-ring (bicyclic) bond motifs is 1. The number of hydrogen-bond acceptors (Lipinski definition) is 6. The first-order chi connectivity index (χ1) is 13.2. The predicted molar refractivity (Wildman–Crippen MR) is 101 cm³/mol. The SMILES string of the molecule is CN1CCC[C@@H](NC(=O)c2coc(COc3cccc4cccnc34)n2)C1. The molecule has 4 rings (SSSR count). The van der Waals surface area contributed by atoms with Crippen molar-refractivity contribution < 1.29 is 13.9 Å². The minimum Gasteiger partial charge on any atom is -0.482 e. The summed E-state index contributed by atoms with van der Waals surface area (Å²) < 4.78 is 11.2. The van der Waals surface area contributed by atoms with Crippen molar-refractivity contribution in [3.63, 3.8) is 0 Å². The van der Waals surface area contributed by atoms with Gasteiger partial charge in [-0.05, 0) is 38.6 Å². The molecule has 0 radical (unpaired) electrons. The Kier molecular flexibility index (Phi) is 5.02. The Morgan fingerprint density at radius 1 is 1.37 bits per heavy atom. The van der Waals surface area contributed by atoms with E-state index in [1.165, 1.54) is 6.26 Å². The summed E-state index contributed by atoms with van der Waals surface area (Å²) in [4.78, 5) is 23.2. The molecule has 140 valence electrons. The fraction of sp³-hybridized carbons (Fsp3) is 0.350. The van der Waals surface area contributed by atoms with Gasteiger partial charge in [0.05, 0.1) is 0 Å². The van der Waals surface area contributed by atoms with Crippen molar-refractivity contribution in [2.24, 2.45) is 0 Å². The zero-order valence-electron chi connectivity index (χ0n) is 15.2. The number of ether oxygens (including phenoxy) is 1. The predicted octanol–water partition coefficient (Wildman–Crippen LogP) is 2.63. The molecule has 0 aliphatic carbocycles. The van der Waals surface area contributed by atoms with Crippen molar-refractivity contribution in [3.8, 4) is 5.75 Å². The van der Waals surface area contributed by atoms with Gasteiger partial charge in [-0.2, -0.15) is 0 Å². The number of nitrogens with zero attached hydrogens (tertiary/aromatic N) is 3. The molecule has 1 N–H and O–H groups in total. The number of amides is 1. The second-order valence-corrected chi connectivity index (χ2v) is 6.82. The molecule has 1 atom stereocenters. The second-order valence-electron chi connectivity index (χ2n) is 6.82. The highest BCUT2D eigenvalue weighted by molar-refractivity contribution is 5.92. The molecule has 3 aromatic rings. The maximum absolute atomic E-state index is 12.4. The topological polar surface area (TPSA) is 80.5 Å². The van der Waals surface area contributed by atoms with E-state index in [4.69, 9.17) is 9.15 Å². The van der Waals surface area contributed by atoms with Crippen LogP contribution in [0, 0.1) is 0 Å². The summed E-state index contributed by atoms with van der Waals surface area (Å²) in [5.74, 6) is 0.800. The number of benzene rings is 1. The third-order valence-corrected chi connectivity index (χ3v) is 4.69. The van der Waals surface area contributed by atoms with Crippen LogP contribution in [0.25, 0.3) is 10.9 Å². The molecule has 1 aromatic carbocycles. The lowest BCUT2D eigenvalue weighted by molar-refractivity contribution is 0.0907. The number of carbonyl (C=O) groups excluding carboxylic acids is 1. The van der Waals surface area contributed by atoms with Gasteiger partial charge in [-0.1, -0.05) is 18.2 Å². The van der Waals surface area contributed by atoms with Gasteiger partial charge in [0.2, 0.25) is 5.89 Å². The van der Waals surface area contributed by atoms with Crippen molar-refractivity contribution >= 4 is 16.8 Å². The minimum atomic E-state index is -0.211. The Hall–Kier alpha value is -2.93. The van der Waals surface area contributed by atoms with Crippen LogP contribution in [0.15, 0.2) is 47.2 Å². The molecule has 3 heterocycles. The van der Waals surface area contributed by atoms with Crippen LogP contribution in [0.2, 0.25) is 0 Å². The number of piperidine rings is 1. The molecule has 7 heteroatoms. The van der Waals surface area contributed by atoms with Crippen LogP contribution in [-0.2, 0) is 6.61 Å². The molecule has 0 unspecified atom stereocenters. The van der Waals surface area contributed by atoms with Gasteiger partial charge in [-0.15, -0.1) is 0 Å². The van der Waals surface area contributed by atoms with Crippen LogP contribution in [0.1, 0.15) is 29.2 Å². The number of aromatic nitrogens is 2.